The maximum absolute atomic E-state index is 12.6. The number of rotatable bonds is 2. The number of nitrogens with one attached hydrogen (secondary N) is 1. The van der Waals surface area contributed by atoms with Crippen molar-refractivity contribution < 1.29 is 18.7 Å². The minimum absolute atomic E-state index is 0.207. The fourth-order valence-electron chi connectivity index (χ4n) is 2.62. The number of furan rings is 1. The van der Waals surface area contributed by atoms with Crippen molar-refractivity contribution >= 4 is 22.6 Å². The number of ether oxygens (including phenoxy) is 2. The third-order valence-electron chi connectivity index (χ3n) is 3.63. The largest absolute Gasteiger partial charge is 0.461 e. The summed E-state index contributed by atoms with van der Waals surface area (Å²) < 4.78 is 16.2. The number of hydrogen-bond donors (Lipinski definition) is 1. The zero-order valence-electron chi connectivity index (χ0n) is 11.9. The van der Waals surface area contributed by atoms with Crippen molar-refractivity contribution in [2.24, 2.45) is 0 Å². The van der Waals surface area contributed by atoms with Crippen LogP contribution in [0.1, 0.15) is 16.1 Å². The lowest BCUT2D eigenvalue weighted by molar-refractivity contribution is 0.102. The quantitative estimate of drug-likeness (QED) is 0.782. The van der Waals surface area contributed by atoms with Gasteiger partial charge >= 0.3 is 0 Å². The summed E-state index contributed by atoms with van der Waals surface area (Å²) in [6, 6.07) is 12.8. The Balaban J connectivity index is 1.68. The number of benzene rings is 2. The number of amides is 1. The molecule has 0 saturated carbocycles. The fourth-order valence-corrected chi connectivity index (χ4v) is 2.62. The van der Waals surface area contributed by atoms with Gasteiger partial charge in [-0.05, 0) is 25.1 Å². The summed E-state index contributed by atoms with van der Waals surface area (Å²) in [7, 11) is 0. The lowest BCUT2D eigenvalue weighted by Crippen LogP contribution is -2.12. The first-order valence-corrected chi connectivity index (χ1v) is 6.91. The molecule has 22 heavy (non-hydrogen) atoms. The number of carbonyl (C=O) groups is 1. The smallest absolute Gasteiger partial charge is 0.259 e. The van der Waals surface area contributed by atoms with E-state index >= 15 is 0 Å². The molecule has 5 heteroatoms. The van der Waals surface area contributed by atoms with Crippen LogP contribution in [0.4, 0.5) is 5.69 Å². The molecule has 110 valence electrons. The molecule has 0 saturated heterocycles. The molecule has 0 radical (unpaired) electrons. The van der Waals surface area contributed by atoms with E-state index in [-0.39, 0.29) is 12.7 Å². The number of hydrogen-bond acceptors (Lipinski definition) is 4. The van der Waals surface area contributed by atoms with E-state index < -0.39 is 0 Å². The topological polar surface area (TPSA) is 60.7 Å². The van der Waals surface area contributed by atoms with Crippen LogP contribution in [-0.4, -0.2) is 12.7 Å². The van der Waals surface area contributed by atoms with Crippen molar-refractivity contribution in [1.82, 2.24) is 0 Å². The van der Waals surface area contributed by atoms with Gasteiger partial charge in [-0.15, -0.1) is 0 Å². The van der Waals surface area contributed by atoms with E-state index in [2.05, 4.69) is 5.32 Å². The van der Waals surface area contributed by atoms with Gasteiger partial charge < -0.3 is 19.2 Å². The predicted octanol–water partition coefficient (Wildman–Crippen LogP) is 3.72. The highest BCUT2D eigenvalue weighted by molar-refractivity contribution is 6.13. The molecule has 1 amide bonds. The van der Waals surface area contributed by atoms with Crippen LogP contribution in [0.5, 0.6) is 11.5 Å². The Morgan fingerprint density at radius 1 is 1.09 bits per heavy atom. The van der Waals surface area contributed by atoms with Crippen LogP contribution in [0.3, 0.4) is 0 Å². The highest BCUT2D eigenvalue weighted by Gasteiger charge is 2.19. The van der Waals surface area contributed by atoms with Gasteiger partial charge in [0.25, 0.3) is 5.91 Å². The number of para-hydroxylation sites is 1. The summed E-state index contributed by atoms with van der Waals surface area (Å²) >= 11 is 0. The van der Waals surface area contributed by atoms with Gasteiger partial charge in [-0.3, -0.25) is 4.79 Å². The zero-order valence-corrected chi connectivity index (χ0v) is 11.9. The lowest BCUT2D eigenvalue weighted by atomic mass is 10.1. The van der Waals surface area contributed by atoms with Crippen molar-refractivity contribution in [3.05, 3.63) is 53.8 Å². The molecule has 1 aliphatic heterocycles. The average molecular weight is 295 g/mol. The first-order valence-electron chi connectivity index (χ1n) is 6.91. The van der Waals surface area contributed by atoms with Gasteiger partial charge in [0.2, 0.25) is 6.79 Å². The molecule has 0 bridgehead atoms. The highest BCUT2D eigenvalue weighted by Crippen LogP contribution is 2.34. The van der Waals surface area contributed by atoms with E-state index in [0.717, 1.165) is 5.39 Å². The Bertz CT molecular complexity index is 881. The van der Waals surface area contributed by atoms with Crippen LogP contribution in [-0.2, 0) is 0 Å². The normalized spacial score (nSPS) is 12.6. The van der Waals surface area contributed by atoms with Crippen LogP contribution < -0.4 is 14.8 Å². The Labute approximate surface area is 126 Å². The van der Waals surface area contributed by atoms with E-state index in [1.54, 1.807) is 25.1 Å². The second kappa shape index (κ2) is 4.80. The second-order valence-electron chi connectivity index (χ2n) is 5.05. The average Bonchev–Trinajstić information content (AvgIpc) is 3.09. The Morgan fingerprint density at radius 2 is 1.91 bits per heavy atom. The standard InChI is InChI=1S/C17H13NO4/c1-10-16(12-4-2-3-5-13(12)22-10)17(19)18-11-6-7-14-15(8-11)21-9-20-14/h2-8H,9H2,1H3,(H,18,19). The predicted molar refractivity (Wildman–Crippen MR) is 81.5 cm³/mol. The van der Waals surface area contributed by atoms with Crippen LogP contribution in [0.25, 0.3) is 11.0 Å². The maximum Gasteiger partial charge on any atom is 0.259 e. The van der Waals surface area contributed by atoms with Crippen molar-refractivity contribution in [3.63, 3.8) is 0 Å². The summed E-state index contributed by atoms with van der Waals surface area (Å²) in [6.07, 6.45) is 0. The summed E-state index contributed by atoms with van der Waals surface area (Å²) in [5, 5.41) is 3.68. The lowest BCUT2D eigenvalue weighted by Gasteiger charge is -2.06. The van der Waals surface area contributed by atoms with Crippen LogP contribution in [0.15, 0.2) is 46.9 Å². The van der Waals surface area contributed by atoms with Crippen molar-refractivity contribution in [1.29, 1.82) is 0 Å². The van der Waals surface area contributed by atoms with E-state index in [9.17, 15) is 4.79 Å². The number of aryl methyl sites for hydroxylation is 1. The van der Waals surface area contributed by atoms with Gasteiger partial charge in [-0.2, -0.15) is 0 Å². The number of carbonyl (C=O) groups excluding carboxylic acids is 1. The first-order chi connectivity index (χ1) is 10.7. The summed E-state index contributed by atoms with van der Waals surface area (Å²) in [4.78, 5) is 12.6. The van der Waals surface area contributed by atoms with E-state index in [1.165, 1.54) is 0 Å². The number of anilines is 1. The molecule has 1 N–H and O–H groups in total. The summed E-state index contributed by atoms with van der Waals surface area (Å²) in [6.45, 7) is 1.99. The van der Waals surface area contributed by atoms with Crippen LogP contribution >= 0.6 is 0 Å². The minimum atomic E-state index is -0.207. The van der Waals surface area contributed by atoms with Gasteiger partial charge in [0.15, 0.2) is 11.5 Å². The summed E-state index contributed by atoms with van der Waals surface area (Å²) in [5.74, 6) is 1.70. The van der Waals surface area contributed by atoms with Crippen LogP contribution in [0.2, 0.25) is 0 Å². The van der Waals surface area contributed by atoms with Gasteiger partial charge in [0.1, 0.15) is 11.3 Å². The molecule has 2 aromatic carbocycles. The SMILES string of the molecule is Cc1oc2ccccc2c1C(=O)Nc1ccc2c(c1)OCO2. The molecule has 2 heterocycles. The van der Waals surface area contributed by atoms with Crippen molar-refractivity contribution in [2.75, 3.05) is 12.1 Å². The second-order valence-corrected chi connectivity index (χ2v) is 5.05. The van der Waals surface area contributed by atoms with Gasteiger partial charge in [-0.1, -0.05) is 18.2 Å². The minimum Gasteiger partial charge on any atom is -0.461 e. The van der Waals surface area contributed by atoms with Crippen molar-refractivity contribution in [3.8, 4) is 11.5 Å². The Hall–Kier alpha value is -2.95. The molecular formula is C17H13NO4. The first kappa shape index (κ1) is 12.8. The Morgan fingerprint density at radius 3 is 2.82 bits per heavy atom. The molecule has 5 nitrogen and oxygen atoms in total. The molecule has 3 aromatic rings. The highest BCUT2D eigenvalue weighted by atomic mass is 16.7. The van der Waals surface area contributed by atoms with Gasteiger partial charge in [0, 0.05) is 17.1 Å². The molecule has 0 atom stereocenters. The Kier molecular flexibility index (Phi) is 2.79. The number of fused-ring (bicyclic) bond motifs is 2. The van der Waals surface area contributed by atoms with E-state index in [1.807, 2.05) is 24.3 Å². The van der Waals surface area contributed by atoms with Gasteiger partial charge in [-0.25, -0.2) is 0 Å². The molecule has 0 aliphatic carbocycles. The maximum atomic E-state index is 12.6. The monoisotopic (exact) mass is 295 g/mol. The summed E-state index contributed by atoms with van der Waals surface area (Å²) in [5.41, 5.74) is 1.91. The van der Waals surface area contributed by atoms with E-state index in [0.29, 0.717) is 34.1 Å². The third kappa shape index (κ3) is 1.98. The van der Waals surface area contributed by atoms with Crippen molar-refractivity contribution in [2.45, 2.75) is 6.92 Å². The van der Waals surface area contributed by atoms with Gasteiger partial charge in [0.05, 0.1) is 5.56 Å². The molecule has 0 fully saturated rings. The third-order valence-corrected chi connectivity index (χ3v) is 3.63. The van der Waals surface area contributed by atoms with E-state index in [4.69, 9.17) is 13.9 Å². The molecule has 1 aliphatic rings. The zero-order chi connectivity index (χ0) is 15.1. The fraction of sp³-hybridized carbons (Fsp3) is 0.118. The molecule has 1 aromatic heterocycles. The molecular weight excluding hydrogens is 282 g/mol. The molecule has 0 spiro atoms. The molecule has 4 rings (SSSR count). The van der Waals surface area contributed by atoms with Crippen LogP contribution in [0, 0.1) is 6.92 Å². The molecule has 0 unspecified atom stereocenters.